The van der Waals surface area contributed by atoms with E-state index in [2.05, 4.69) is 24.1 Å². The van der Waals surface area contributed by atoms with Gasteiger partial charge in [-0.3, -0.25) is 9.69 Å². The molecule has 6 nitrogen and oxygen atoms in total. The van der Waals surface area contributed by atoms with Gasteiger partial charge in [0.15, 0.2) is 0 Å². The number of benzene rings is 1. The molecule has 1 N–H and O–H groups in total. The second kappa shape index (κ2) is 9.75. The van der Waals surface area contributed by atoms with Crippen molar-refractivity contribution in [2.75, 3.05) is 39.5 Å². The molecule has 28 heavy (non-hydrogen) atoms. The molecule has 0 saturated carbocycles. The van der Waals surface area contributed by atoms with Crippen molar-refractivity contribution in [1.82, 2.24) is 10.2 Å². The lowest BCUT2D eigenvalue weighted by Crippen LogP contribution is -2.43. The van der Waals surface area contributed by atoms with E-state index in [1.807, 2.05) is 31.2 Å². The number of amides is 1. The molecule has 1 atom stereocenters. The number of ether oxygens (including phenoxy) is 2. The normalized spacial score (nSPS) is 16.1. The van der Waals surface area contributed by atoms with Crippen molar-refractivity contribution >= 4 is 5.91 Å². The van der Waals surface area contributed by atoms with Gasteiger partial charge in [-0.05, 0) is 43.2 Å². The van der Waals surface area contributed by atoms with E-state index in [0.29, 0.717) is 43.6 Å². The first-order chi connectivity index (χ1) is 13.5. The largest absolute Gasteiger partial charge is 0.493 e. The fraction of sp³-hybridized carbons (Fsp3) is 0.500. The van der Waals surface area contributed by atoms with E-state index in [1.54, 1.807) is 12.1 Å². The Kier molecular flexibility index (Phi) is 7.12. The van der Waals surface area contributed by atoms with E-state index in [9.17, 15) is 4.79 Å². The minimum atomic E-state index is -0.114. The van der Waals surface area contributed by atoms with E-state index in [0.717, 1.165) is 24.6 Å². The molecule has 1 aromatic carbocycles. The van der Waals surface area contributed by atoms with Crippen LogP contribution < -0.4 is 10.1 Å². The fourth-order valence-electron chi connectivity index (χ4n) is 3.21. The van der Waals surface area contributed by atoms with Gasteiger partial charge in [-0.1, -0.05) is 19.9 Å². The SMILES string of the molecule is Cc1ccc(C(CNC(=O)c2cccc(OCC(C)C)c2)N2CCOCC2)o1. The third-order valence-electron chi connectivity index (χ3n) is 4.71. The minimum Gasteiger partial charge on any atom is -0.493 e. The van der Waals surface area contributed by atoms with Crippen LogP contribution in [-0.2, 0) is 4.74 Å². The first-order valence-corrected chi connectivity index (χ1v) is 9.92. The van der Waals surface area contributed by atoms with Crippen LogP contribution in [0.1, 0.15) is 41.8 Å². The van der Waals surface area contributed by atoms with Crippen molar-refractivity contribution in [3.05, 3.63) is 53.5 Å². The van der Waals surface area contributed by atoms with Gasteiger partial charge in [0.2, 0.25) is 0 Å². The highest BCUT2D eigenvalue weighted by molar-refractivity contribution is 5.94. The van der Waals surface area contributed by atoms with Gasteiger partial charge in [0.25, 0.3) is 5.91 Å². The number of nitrogens with zero attached hydrogens (tertiary/aromatic N) is 1. The average molecular weight is 386 g/mol. The molecule has 1 aromatic heterocycles. The Hall–Kier alpha value is -2.31. The molecule has 0 bridgehead atoms. The lowest BCUT2D eigenvalue weighted by molar-refractivity contribution is 0.0117. The molecule has 1 saturated heterocycles. The zero-order chi connectivity index (χ0) is 19.9. The number of nitrogens with one attached hydrogen (secondary N) is 1. The second-order valence-corrected chi connectivity index (χ2v) is 7.56. The average Bonchev–Trinajstić information content (AvgIpc) is 3.13. The molecule has 1 fully saturated rings. The highest BCUT2D eigenvalue weighted by Crippen LogP contribution is 2.23. The van der Waals surface area contributed by atoms with Gasteiger partial charge in [-0.15, -0.1) is 0 Å². The van der Waals surface area contributed by atoms with Gasteiger partial charge < -0.3 is 19.2 Å². The number of hydrogen-bond donors (Lipinski definition) is 1. The molecule has 2 aromatic rings. The predicted octanol–water partition coefficient (Wildman–Crippen LogP) is 3.43. The van der Waals surface area contributed by atoms with E-state index < -0.39 is 0 Å². The Balaban J connectivity index is 1.65. The summed E-state index contributed by atoms with van der Waals surface area (Å²) in [6.07, 6.45) is 0. The zero-order valence-electron chi connectivity index (χ0n) is 16.9. The molecule has 2 heterocycles. The van der Waals surface area contributed by atoms with Crippen molar-refractivity contribution < 1.29 is 18.7 Å². The zero-order valence-corrected chi connectivity index (χ0v) is 16.9. The van der Waals surface area contributed by atoms with Crippen molar-refractivity contribution in [2.24, 2.45) is 5.92 Å². The molecule has 152 valence electrons. The Morgan fingerprint density at radius 3 is 2.68 bits per heavy atom. The molecular weight excluding hydrogens is 356 g/mol. The van der Waals surface area contributed by atoms with E-state index in [1.165, 1.54) is 0 Å². The molecule has 1 amide bonds. The smallest absolute Gasteiger partial charge is 0.251 e. The number of carbonyl (C=O) groups excluding carboxylic acids is 1. The summed E-state index contributed by atoms with van der Waals surface area (Å²) in [5.74, 6) is 2.77. The number of morpholine rings is 1. The van der Waals surface area contributed by atoms with Crippen LogP contribution in [0.25, 0.3) is 0 Å². The molecule has 0 aliphatic carbocycles. The highest BCUT2D eigenvalue weighted by Gasteiger charge is 2.25. The lowest BCUT2D eigenvalue weighted by atomic mass is 10.1. The molecule has 1 aliphatic heterocycles. The van der Waals surface area contributed by atoms with Crippen LogP contribution in [0.4, 0.5) is 0 Å². The summed E-state index contributed by atoms with van der Waals surface area (Å²) < 4.78 is 17.1. The van der Waals surface area contributed by atoms with Crippen LogP contribution in [0.15, 0.2) is 40.8 Å². The summed E-state index contributed by atoms with van der Waals surface area (Å²) in [4.78, 5) is 15.0. The molecule has 1 aliphatic rings. The maximum Gasteiger partial charge on any atom is 0.251 e. The number of rotatable bonds is 8. The summed E-state index contributed by atoms with van der Waals surface area (Å²) in [6.45, 7) is 10.2. The first-order valence-electron chi connectivity index (χ1n) is 9.92. The van der Waals surface area contributed by atoms with Crippen molar-refractivity contribution in [3.8, 4) is 5.75 Å². The monoisotopic (exact) mass is 386 g/mol. The fourth-order valence-corrected chi connectivity index (χ4v) is 3.21. The van der Waals surface area contributed by atoms with Crippen molar-refractivity contribution in [3.63, 3.8) is 0 Å². The van der Waals surface area contributed by atoms with Crippen molar-refractivity contribution in [2.45, 2.75) is 26.8 Å². The van der Waals surface area contributed by atoms with Crippen LogP contribution in [0.3, 0.4) is 0 Å². The van der Waals surface area contributed by atoms with Crippen LogP contribution in [0.5, 0.6) is 5.75 Å². The number of hydrogen-bond acceptors (Lipinski definition) is 5. The Morgan fingerprint density at radius 1 is 1.21 bits per heavy atom. The van der Waals surface area contributed by atoms with Crippen LogP contribution in [0.2, 0.25) is 0 Å². The third-order valence-corrected chi connectivity index (χ3v) is 4.71. The predicted molar refractivity (Wildman–Crippen MR) is 108 cm³/mol. The van der Waals surface area contributed by atoms with Crippen LogP contribution in [-0.4, -0.2) is 50.3 Å². The Labute approximate surface area is 166 Å². The lowest BCUT2D eigenvalue weighted by Gasteiger charge is -2.33. The number of aryl methyl sites for hydroxylation is 1. The molecule has 1 unspecified atom stereocenters. The van der Waals surface area contributed by atoms with Crippen molar-refractivity contribution in [1.29, 1.82) is 0 Å². The highest BCUT2D eigenvalue weighted by atomic mass is 16.5. The summed E-state index contributed by atoms with van der Waals surface area (Å²) in [7, 11) is 0. The third kappa shape index (κ3) is 5.59. The topological polar surface area (TPSA) is 63.9 Å². The summed E-state index contributed by atoms with van der Waals surface area (Å²) >= 11 is 0. The van der Waals surface area contributed by atoms with E-state index in [-0.39, 0.29) is 11.9 Å². The Morgan fingerprint density at radius 2 is 2.00 bits per heavy atom. The molecule has 6 heteroatoms. The standard InChI is InChI=1S/C22H30N2O4/c1-16(2)15-27-19-6-4-5-18(13-19)22(25)23-14-20(21-8-7-17(3)28-21)24-9-11-26-12-10-24/h4-8,13,16,20H,9-12,14-15H2,1-3H3,(H,23,25). The van der Waals surface area contributed by atoms with Gasteiger partial charge in [-0.25, -0.2) is 0 Å². The molecule has 0 radical (unpaired) electrons. The maximum atomic E-state index is 12.7. The van der Waals surface area contributed by atoms with Gasteiger partial charge >= 0.3 is 0 Å². The van der Waals surface area contributed by atoms with Gasteiger partial charge in [0.05, 0.1) is 25.9 Å². The Bertz CT molecular complexity index is 765. The van der Waals surface area contributed by atoms with E-state index in [4.69, 9.17) is 13.9 Å². The van der Waals surface area contributed by atoms with E-state index >= 15 is 0 Å². The van der Waals surface area contributed by atoms with Gasteiger partial charge in [-0.2, -0.15) is 0 Å². The molecular formula is C22H30N2O4. The minimum absolute atomic E-state index is 0.0121. The molecule has 3 rings (SSSR count). The van der Waals surface area contributed by atoms with Crippen LogP contribution in [0, 0.1) is 12.8 Å². The van der Waals surface area contributed by atoms with Gasteiger partial charge in [0, 0.05) is 25.2 Å². The molecule has 0 spiro atoms. The summed E-state index contributed by atoms with van der Waals surface area (Å²) in [5, 5.41) is 3.06. The van der Waals surface area contributed by atoms with Gasteiger partial charge in [0.1, 0.15) is 17.3 Å². The maximum absolute atomic E-state index is 12.7. The first kappa shape index (κ1) is 20.4. The number of carbonyl (C=O) groups is 1. The summed E-state index contributed by atoms with van der Waals surface area (Å²) in [5.41, 5.74) is 0.595. The summed E-state index contributed by atoms with van der Waals surface area (Å²) in [6, 6.07) is 11.3. The quantitative estimate of drug-likeness (QED) is 0.753. The second-order valence-electron chi connectivity index (χ2n) is 7.56. The van der Waals surface area contributed by atoms with Crippen LogP contribution >= 0.6 is 0 Å². The number of furan rings is 1.